The highest BCUT2D eigenvalue weighted by Gasteiger charge is 2.31. The number of aromatic nitrogens is 2. The van der Waals surface area contributed by atoms with Crippen molar-refractivity contribution in [3.05, 3.63) is 11.4 Å². The third-order valence-corrected chi connectivity index (χ3v) is 4.36. The number of aromatic amines is 1. The minimum atomic E-state index is -3.97. The predicted octanol–water partition coefficient (Wildman–Crippen LogP) is 0.148. The summed E-state index contributed by atoms with van der Waals surface area (Å²) in [5.41, 5.74) is 0.216. The first-order chi connectivity index (χ1) is 8.82. The van der Waals surface area contributed by atoms with Crippen molar-refractivity contribution in [3.63, 3.8) is 0 Å². The molecule has 1 aromatic heterocycles. The van der Waals surface area contributed by atoms with E-state index in [0.717, 1.165) is 12.8 Å². The van der Waals surface area contributed by atoms with Crippen LogP contribution in [0.5, 0.6) is 0 Å². The third-order valence-electron chi connectivity index (χ3n) is 3.35. The lowest BCUT2D eigenvalue weighted by molar-refractivity contribution is 0.0887. The second-order valence-corrected chi connectivity index (χ2v) is 6.52. The number of hydrogen-bond donors (Lipinski definition) is 3. The number of amides is 1. The minimum Gasteiger partial charge on any atom is -0.348 e. The summed E-state index contributed by atoms with van der Waals surface area (Å²) < 4.78 is 23.1. The van der Waals surface area contributed by atoms with Crippen molar-refractivity contribution in [3.8, 4) is 0 Å². The molecule has 0 radical (unpaired) electrons. The van der Waals surface area contributed by atoms with Crippen LogP contribution in [0.25, 0.3) is 0 Å². The second kappa shape index (κ2) is 4.93. The quantitative estimate of drug-likeness (QED) is 0.730. The number of carbonyl (C=O) groups is 1. The van der Waals surface area contributed by atoms with Gasteiger partial charge in [0.15, 0.2) is 5.69 Å². The molecular weight excluding hydrogens is 268 g/mol. The first kappa shape index (κ1) is 14.0. The first-order valence-corrected chi connectivity index (χ1v) is 7.78. The van der Waals surface area contributed by atoms with Crippen molar-refractivity contribution in [1.82, 2.24) is 15.5 Å². The van der Waals surface area contributed by atoms with Gasteiger partial charge in [-0.3, -0.25) is 9.89 Å². The normalized spacial score (nSPS) is 22.9. The lowest BCUT2D eigenvalue weighted by atomic mass is 9.82. The molecule has 0 aromatic carbocycles. The van der Waals surface area contributed by atoms with Crippen LogP contribution in [-0.2, 0) is 16.4 Å². The topological polar surface area (TPSA) is 118 Å². The van der Waals surface area contributed by atoms with E-state index in [0.29, 0.717) is 18.0 Å². The average Bonchev–Trinajstić information content (AvgIpc) is 2.70. The van der Waals surface area contributed by atoms with Crippen molar-refractivity contribution >= 4 is 15.9 Å². The van der Waals surface area contributed by atoms with E-state index in [-0.39, 0.29) is 16.6 Å². The highest BCUT2D eigenvalue weighted by molar-refractivity contribution is 7.89. The molecule has 106 valence electrons. The molecule has 1 aromatic rings. The Labute approximate surface area is 112 Å². The maximum absolute atomic E-state index is 12.0. The van der Waals surface area contributed by atoms with E-state index in [1.807, 2.05) is 0 Å². The number of primary sulfonamides is 1. The molecule has 4 N–H and O–H groups in total. The highest BCUT2D eigenvalue weighted by Crippen LogP contribution is 2.27. The molecule has 0 saturated heterocycles. The van der Waals surface area contributed by atoms with Gasteiger partial charge in [0.25, 0.3) is 5.91 Å². The van der Waals surface area contributed by atoms with Gasteiger partial charge in [0.05, 0.1) is 5.69 Å². The van der Waals surface area contributed by atoms with Crippen molar-refractivity contribution in [2.45, 2.75) is 44.0 Å². The van der Waals surface area contributed by atoms with Crippen LogP contribution in [0.1, 0.15) is 42.9 Å². The molecule has 0 aliphatic heterocycles. The number of aryl methyl sites for hydroxylation is 1. The van der Waals surface area contributed by atoms with E-state index in [1.165, 1.54) is 0 Å². The van der Waals surface area contributed by atoms with Gasteiger partial charge >= 0.3 is 0 Å². The Bertz CT molecular complexity index is 587. The van der Waals surface area contributed by atoms with Crippen molar-refractivity contribution in [2.75, 3.05) is 0 Å². The molecule has 0 atom stereocenters. The van der Waals surface area contributed by atoms with Gasteiger partial charge < -0.3 is 5.32 Å². The van der Waals surface area contributed by atoms with Gasteiger partial charge in [0.2, 0.25) is 10.0 Å². The zero-order valence-corrected chi connectivity index (χ0v) is 11.8. The lowest BCUT2D eigenvalue weighted by Crippen LogP contribution is -2.44. The summed E-state index contributed by atoms with van der Waals surface area (Å²) in [6.45, 7) is 3.86. The number of nitrogens with one attached hydrogen (secondary N) is 2. The molecule has 0 bridgehead atoms. The first-order valence-electron chi connectivity index (χ1n) is 6.23. The molecule has 7 nitrogen and oxygen atoms in total. The number of rotatable bonds is 4. The van der Waals surface area contributed by atoms with Gasteiger partial charge in [0, 0.05) is 6.04 Å². The van der Waals surface area contributed by atoms with Crippen molar-refractivity contribution in [1.29, 1.82) is 0 Å². The molecule has 8 heteroatoms. The smallest absolute Gasteiger partial charge is 0.273 e. The predicted molar refractivity (Wildman–Crippen MR) is 69.0 cm³/mol. The van der Waals surface area contributed by atoms with Crippen LogP contribution in [0.3, 0.4) is 0 Å². The Morgan fingerprint density at radius 2 is 2.16 bits per heavy atom. The zero-order valence-electron chi connectivity index (χ0n) is 10.9. The molecule has 0 unspecified atom stereocenters. The zero-order chi connectivity index (χ0) is 14.2. The second-order valence-electron chi connectivity index (χ2n) is 5.03. The summed E-state index contributed by atoms with van der Waals surface area (Å²) in [5, 5.41) is 14.3. The monoisotopic (exact) mass is 286 g/mol. The summed E-state index contributed by atoms with van der Waals surface area (Å²) in [4.78, 5) is 11.8. The SMILES string of the molecule is CCc1[nH]nc(C(=O)NC2CC(C)C2)c1S(N)(=O)=O. The van der Waals surface area contributed by atoms with Gasteiger partial charge in [-0.25, -0.2) is 13.6 Å². The number of H-pyrrole nitrogens is 1. The van der Waals surface area contributed by atoms with Gasteiger partial charge in [0.1, 0.15) is 4.90 Å². The number of hydrogen-bond acceptors (Lipinski definition) is 4. The number of carbonyl (C=O) groups excluding carboxylic acids is 1. The Kier molecular flexibility index (Phi) is 3.64. The summed E-state index contributed by atoms with van der Waals surface area (Å²) >= 11 is 0. The standard InChI is InChI=1S/C11H18N4O3S/c1-3-8-10(19(12,17)18)9(15-14-8)11(16)13-7-4-6(2)5-7/h6-7H,3-5H2,1-2H3,(H,13,16)(H,14,15)(H2,12,17,18). The number of nitrogens with zero attached hydrogens (tertiary/aromatic N) is 1. The molecule has 1 aliphatic rings. The lowest BCUT2D eigenvalue weighted by Gasteiger charge is -2.33. The summed E-state index contributed by atoms with van der Waals surface area (Å²) in [7, 11) is -3.97. The van der Waals surface area contributed by atoms with Crippen molar-refractivity contribution < 1.29 is 13.2 Å². The molecule has 1 saturated carbocycles. The van der Waals surface area contributed by atoms with E-state index < -0.39 is 15.9 Å². The van der Waals surface area contributed by atoms with Crippen LogP contribution < -0.4 is 10.5 Å². The minimum absolute atomic E-state index is 0.0950. The Balaban J connectivity index is 2.25. The van der Waals surface area contributed by atoms with Crippen LogP contribution in [0.2, 0.25) is 0 Å². The number of nitrogens with two attached hydrogens (primary N) is 1. The van der Waals surface area contributed by atoms with Crippen LogP contribution in [0, 0.1) is 5.92 Å². The summed E-state index contributed by atoms with van der Waals surface area (Å²) in [6, 6.07) is 0.0950. The summed E-state index contributed by atoms with van der Waals surface area (Å²) in [6.07, 6.45) is 2.22. The van der Waals surface area contributed by atoms with Gasteiger partial charge in [-0.2, -0.15) is 5.10 Å². The fourth-order valence-corrected chi connectivity index (χ4v) is 3.28. The molecule has 1 aliphatic carbocycles. The fourth-order valence-electron chi connectivity index (χ4n) is 2.34. The van der Waals surface area contributed by atoms with Crippen LogP contribution in [0.4, 0.5) is 0 Å². The number of sulfonamides is 1. The van der Waals surface area contributed by atoms with E-state index >= 15 is 0 Å². The average molecular weight is 286 g/mol. The molecule has 1 heterocycles. The molecular formula is C11H18N4O3S. The van der Waals surface area contributed by atoms with Gasteiger partial charge in [-0.05, 0) is 25.2 Å². The molecule has 1 amide bonds. The largest absolute Gasteiger partial charge is 0.348 e. The molecule has 2 rings (SSSR count). The maximum atomic E-state index is 12.0. The van der Waals surface area contributed by atoms with E-state index in [1.54, 1.807) is 6.92 Å². The maximum Gasteiger partial charge on any atom is 0.273 e. The van der Waals surface area contributed by atoms with E-state index in [9.17, 15) is 13.2 Å². The van der Waals surface area contributed by atoms with Crippen LogP contribution in [0.15, 0.2) is 4.90 Å². The van der Waals surface area contributed by atoms with Crippen molar-refractivity contribution in [2.24, 2.45) is 11.1 Å². The third kappa shape index (κ3) is 2.79. The van der Waals surface area contributed by atoms with Crippen LogP contribution >= 0.6 is 0 Å². The highest BCUT2D eigenvalue weighted by atomic mass is 32.2. The van der Waals surface area contributed by atoms with E-state index in [4.69, 9.17) is 5.14 Å². The van der Waals surface area contributed by atoms with E-state index in [2.05, 4.69) is 22.4 Å². The van der Waals surface area contributed by atoms with Gasteiger partial charge in [-0.1, -0.05) is 13.8 Å². The Hall–Kier alpha value is -1.41. The van der Waals surface area contributed by atoms with Crippen LogP contribution in [-0.4, -0.2) is 30.6 Å². The molecule has 19 heavy (non-hydrogen) atoms. The fraction of sp³-hybridized carbons (Fsp3) is 0.636. The Morgan fingerprint density at radius 3 is 2.63 bits per heavy atom. The molecule has 0 spiro atoms. The van der Waals surface area contributed by atoms with Gasteiger partial charge in [-0.15, -0.1) is 0 Å². The Morgan fingerprint density at radius 1 is 1.53 bits per heavy atom. The molecule has 1 fully saturated rings. The summed E-state index contributed by atoms with van der Waals surface area (Å²) in [5.74, 6) is 0.102.